The van der Waals surface area contributed by atoms with Crippen molar-refractivity contribution < 1.29 is 9.53 Å². The normalized spacial score (nSPS) is 10.7. The van der Waals surface area contributed by atoms with Gasteiger partial charge in [0.25, 0.3) is 0 Å². The molecular formula is C19H24N2O2. The summed E-state index contributed by atoms with van der Waals surface area (Å²) in [5.41, 5.74) is 2.75. The van der Waals surface area contributed by atoms with E-state index in [0.717, 1.165) is 22.8 Å². The third-order valence-corrected chi connectivity index (χ3v) is 3.19. The van der Waals surface area contributed by atoms with Gasteiger partial charge in [-0.2, -0.15) is 0 Å². The zero-order chi connectivity index (χ0) is 16.8. The average molecular weight is 312 g/mol. The zero-order valence-corrected chi connectivity index (χ0v) is 14.1. The van der Waals surface area contributed by atoms with Crippen LogP contribution in [0.2, 0.25) is 0 Å². The van der Waals surface area contributed by atoms with E-state index in [1.807, 2.05) is 76.2 Å². The van der Waals surface area contributed by atoms with Crippen LogP contribution >= 0.6 is 0 Å². The maximum Gasteiger partial charge on any atom is 0.226 e. The van der Waals surface area contributed by atoms with Crippen LogP contribution in [0.15, 0.2) is 48.5 Å². The van der Waals surface area contributed by atoms with Gasteiger partial charge in [-0.3, -0.25) is 4.79 Å². The molecule has 0 aliphatic heterocycles. The van der Waals surface area contributed by atoms with Gasteiger partial charge >= 0.3 is 0 Å². The third kappa shape index (κ3) is 5.33. The standard InChI is InChI=1S/C19H24N2O2/c1-13(2)19(22)21-17-7-5-15(6-8-17)20-16-9-11-18(12-10-16)23-14(3)4/h5-14,20H,1-4H3,(H,21,22). The van der Waals surface area contributed by atoms with Crippen LogP contribution in [0.5, 0.6) is 5.75 Å². The number of rotatable bonds is 6. The van der Waals surface area contributed by atoms with Gasteiger partial charge < -0.3 is 15.4 Å². The lowest BCUT2D eigenvalue weighted by Crippen LogP contribution is -2.17. The average Bonchev–Trinajstić information content (AvgIpc) is 2.50. The van der Waals surface area contributed by atoms with Crippen LogP contribution in [0.25, 0.3) is 0 Å². The van der Waals surface area contributed by atoms with Crippen molar-refractivity contribution in [2.75, 3.05) is 10.6 Å². The summed E-state index contributed by atoms with van der Waals surface area (Å²) in [6.45, 7) is 7.76. The molecule has 4 nitrogen and oxygen atoms in total. The number of nitrogens with one attached hydrogen (secondary N) is 2. The molecule has 2 aromatic rings. The van der Waals surface area contributed by atoms with Gasteiger partial charge in [-0.25, -0.2) is 0 Å². The maximum absolute atomic E-state index is 11.7. The number of hydrogen-bond acceptors (Lipinski definition) is 3. The fraction of sp³-hybridized carbons (Fsp3) is 0.316. The Balaban J connectivity index is 1.96. The molecule has 2 rings (SSSR count). The van der Waals surface area contributed by atoms with Gasteiger partial charge in [-0.15, -0.1) is 0 Å². The molecule has 1 amide bonds. The fourth-order valence-electron chi connectivity index (χ4n) is 1.98. The Hall–Kier alpha value is -2.49. The Morgan fingerprint density at radius 1 is 0.826 bits per heavy atom. The molecule has 0 atom stereocenters. The first kappa shape index (κ1) is 16.9. The van der Waals surface area contributed by atoms with Gasteiger partial charge in [0.05, 0.1) is 6.10 Å². The molecule has 0 aliphatic carbocycles. The van der Waals surface area contributed by atoms with Crippen LogP contribution in [0.4, 0.5) is 17.1 Å². The summed E-state index contributed by atoms with van der Waals surface area (Å²) >= 11 is 0. The van der Waals surface area contributed by atoms with Crippen molar-refractivity contribution in [2.24, 2.45) is 5.92 Å². The number of hydrogen-bond donors (Lipinski definition) is 2. The van der Waals surface area contributed by atoms with Crippen LogP contribution < -0.4 is 15.4 Å². The molecule has 0 saturated carbocycles. The minimum absolute atomic E-state index is 0.0199. The summed E-state index contributed by atoms with van der Waals surface area (Å²) in [7, 11) is 0. The lowest BCUT2D eigenvalue weighted by Gasteiger charge is -2.12. The first-order valence-corrected chi connectivity index (χ1v) is 7.88. The molecule has 0 spiro atoms. The van der Waals surface area contributed by atoms with Crippen molar-refractivity contribution in [3.63, 3.8) is 0 Å². The first-order valence-electron chi connectivity index (χ1n) is 7.88. The minimum Gasteiger partial charge on any atom is -0.491 e. The lowest BCUT2D eigenvalue weighted by molar-refractivity contribution is -0.118. The van der Waals surface area contributed by atoms with Crippen LogP contribution in [0.1, 0.15) is 27.7 Å². The van der Waals surface area contributed by atoms with Gasteiger partial charge in [0.15, 0.2) is 0 Å². The molecule has 4 heteroatoms. The molecule has 0 aliphatic rings. The van der Waals surface area contributed by atoms with Gasteiger partial charge in [0.1, 0.15) is 5.75 Å². The molecule has 0 bridgehead atoms. The Kier molecular flexibility index (Phi) is 5.63. The van der Waals surface area contributed by atoms with Crippen molar-refractivity contribution in [2.45, 2.75) is 33.8 Å². The summed E-state index contributed by atoms with van der Waals surface area (Å²) in [6.07, 6.45) is 0.169. The Labute approximate surface area is 137 Å². The molecular weight excluding hydrogens is 288 g/mol. The van der Waals surface area contributed by atoms with Crippen molar-refractivity contribution in [1.82, 2.24) is 0 Å². The van der Waals surface area contributed by atoms with Crippen LogP contribution in [0, 0.1) is 5.92 Å². The monoisotopic (exact) mass is 312 g/mol. The van der Waals surface area contributed by atoms with E-state index in [0.29, 0.717) is 0 Å². The second-order valence-corrected chi connectivity index (χ2v) is 6.04. The summed E-state index contributed by atoms with van der Waals surface area (Å²) in [4.78, 5) is 11.7. The molecule has 2 N–H and O–H groups in total. The second kappa shape index (κ2) is 7.68. The van der Waals surface area contributed by atoms with Crippen molar-refractivity contribution >= 4 is 23.0 Å². The Bertz CT molecular complexity index is 631. The molecule has 2 aromatic carbocycles. The van der Waals surface area contributed by atoms with E-state index in [9.17, 15) is 4.79 Å². The van der Waals surface area contributed by atoms with Crippen LogP contribution in [0.3, 0.4) is 0 Å². The number of carbonyl (C=O) groups excluding carboxylic acids is 1. The molecule has 23 heavy (non-hydrogen) atoms. The second-order valence-electron chi connectivity index (χ2n) is 6.04. The molecule has 0 aromatic heterocycles. The summed E-state index contributed by atoms with van der Waals surface area (Å²) in [6, 6.07) is 15.5. The Morgan fingerprint density at radius 2 is 1.30 bits per heavy atom. The molecule has 0 unspecified atom stereocenters. The van der Waals surface area contributed by atoms with Gasteiger partial charge in [0, 0.05) is 23.0 Å². The molecule has 122 valence electrons. The lowest BCUT2D eigenvalue weighted by atomic mass is 10.2. The Morgan fingerprint density at radius 3 is 1.78 bits per heavy atom. The number of ether oxygens (including phenoxy) is 1. The largest absolute Gasteiger partial charge is 0.491 e. The minimum atomic E-state index is -0.0284. The highest BCUT2D eigenvalue weighted by atomic mass is 16.5. The predicted octanol–water partition coefficient (Wildman–Crippen LogP) is 4.81. The van der Waals surface area contributed by atoms with Crippen molar-refractivity contribution in [1.29, 1.82) is 0 Å². The smallest absolute Gasteiger partial charge is 0.226 e. The number of anilines is 3. The molecule has 0 fully saturated rings. The zero-order valence-electron chi connectivity index (χ0n) is 14.1. The number of amides is 1. The first-order chi connectivity index (χ1) is 10.9. The van der Waals surface area contributed by atoms with E-state index >= 15 is 0 Å². The van der Waals surface area contributed by atoms with E-state index < -0.39 is 0 Å². The quantitative estimate of drug-likeness (QED) is 0.804. The molecule has 0 saturated heterocycles. The number of carbonyl (C=O) groups is 1. The van der Waals surface area contributed by atoms with E-state index in [2.05, 4.69) is 10.6 Å². The highest BCUT2D eigenvalue weighted by Crippen LogP contribution is 2.22. The summed E-state index contributed by atoms with van der Waals surface area (Å²) in [5, 5.41) is 6.19. The summed E-state index contributed by atoms with van der Waals surface area (Å²) in [5.74, 6) is 0.850. The van der Waals surface area contributed by atoms with Crippen LogP contribution in [-0.2, 0) is 4.79 Å². The van der Waals surface area contributed by atoms with E-state index in [1.165, 1.54) is 0 Å². The fourth-order valence-corrected chi connectivity index (χ4v) is 1.98. The highest BCUT2D eigenvalue weighted by Gasteiger charge is 2.06. The maximum atomic E-state index is 11.7. The van der Waals surface area contributed by atoms with Crippen molar-refractivity contribution in [3.8, 4) is 5.75 Å². The van der Waals surface area contributed by atoms with E-state index in [1.54, 1.807) is 0 Å². The summed E-state index contributed by atoms with van der Waals surface area (Å²) < 4.78 is 5.62. The van der Waals surface area contributed by atoms with E-state index in [4.69, 9.17) is 4.74 Å². The van der Waals surface area contributed by atoms with Gasteiger partial charge in [-0.1, -0.05) is 13.8 Å². The van der Waals surface area contributed by atoms with Crippen LogP contribution in [-0.4, -0.2) is 12.0 Å². The predicted molar refractivity (Wildman–Crippen MR) is 95.4 cm³/mol. The van der Waals surface area contributed by atoms with Crippen molar-refractivity contribution in [3.05, 3.63) is 48.5 Å². The van der Waals surface area contributed by atoms with Gasteiger partial charge in [0.2, 0.25) is 5.91 Å². The topological polar surface area (TPSA) is 50.4 Å². The van der Waals surface area contributed by atoms with E-state index in [-0.39, 0.29) is 17.9 Å². The molecule has 0 heterocycles. The third-order valence-electron chi connectivity index (χ3n) is 3.19. The SMILES string of the molecule is CC(C)Oc1ccc(Nc2ccc(NC(=O)C(C)C)cc2)cc1. The van der Waals surface area contributed by atoms with Gasteiger partial charge in [-0.05, 0) is 62.4 Å². The highest BCUT2D eigenvalue weighted by molar-refractivity contribution is 5.92. The number of benzene rings is 2. The molecule has 0 radical (unpaired) electrons.